The normalized spacial score (nSPS) is 16.4. The summed E-state index contributed by atoms with van der Waals surface area (Å²) in [7, 11) is 0. The highest BCUT2D eigenvalue weighted by Gasteiger charge is 2.19. The van der Waals surface area contributed by atoms with Crippen LogP contribution in [0.3, 0.4) is 0 Å². The number of rotatable bonds is 7. The average molecular weight is 270 g/mol. The predicted octanol–water partition coefficient (Wildman–Crippen LogP) is 0.960. The first-order valence-electron chi connectivity index (χ1n) is 7.10. The monoisotopic (exact) mass is 270 g/mol. The van der Waals surface area contributed by atoms with Crippen LogP contribution in [0.2, 0.25) is 0 Å². The maximum Gasteiger partial charge on any atom is 0.220 e. The van der Waals surface area contributed by atoms with Crippen molar-refractivity contribution in [2.75, 3.05) is 13.2 Å². The molecule has 0 saturated heterocycles. The first-order valence-corrected chi connectivity index (χ1v) is 7.10. The molecule has 5 heteroatoms. The molecule has 0 spiro atoms. The fourth-order valence-electron chi connectivity index (χ4n) is 2.08. The molecule has 0 aromatic heterocycles. The van der Waals surface area contributed by atoms with Crippen molar-refractivity contribution in [3.8, 4) is 0 Å². The molecular formula is C14H26N2O3. The minimum absolute atomic E-state index is 0.0233. The van der Waals surface area contributed by atoms with E-state index in [1.54, 1.807) is 0 Å². The van der Waals surface area contributed by atoms with Gasteiger partial charge in [0.15, 0.2) is 0 Å². The zero-order valence-electron chi connectivity index (χ0n) is 12.0. The quantitative estimate of drug-likeness (QED) is 0.645. The summed E-state index contributed by atoms with van der Waals surface area (Å²) in [4.78, 5) is 23.2. The second kappa shape index (κ2) is 7.48. The summed E-state index contributed by atoms with van der Waals surface area (Å²) in [6.07, 6.45) is 4.93. The van der Waals surface area contributed by atoms with Gasteiger partial charge in [-0.3, -0.25) is 9.59 Å². The molecule has 0 atom stereocenters. The number of aliphatic hydroxyl groups excluding tert-OH is 1. The number of hydrogen-bond donors (Lipinski definition) is 3. The van der Waals surface area contributed by atoms with Crippen LogP contribution in [0.1, 0.15) is 52.4 Å². The maximum atomic E-state index is 11.6. The van der Waals surface area contributed by atoms with Crippen LogP contribution in [-0.2, 0) is 9.59 Å². The minimum atomic E-state index is -0.318. The van der Waals surface area contributed by atoms with E-state index in [9.17, 15) is 9.59 Å². The summed E-state index contributed by atoms with van der Waals surface area (Å²) in [5, 5.41) is 14.8. The van der Waals surface area contributed by atoms with E-state index in [-0.39, 0.29) is 36.7 Å². The SMILES string of the molecule is CC(C)(CO)CNC(=O)CCC(=O)NC1CCCC1. The molecule has 0 heterocycles. The van der Waals surface area contributed by atoms with Crippen molar-refractivity contribution in [2.45, 2.75) is 58.4 Å². The Labute approximate surface area is 115 Å². The van der Waals surface area contributed by atoms with Crippen LogP contribution in [0.5, 0.6) is 0 Å². The number of carbonyl (C=O) groups excluding carboxylic acids is 2. The highest BCUT2D eigenvalue weighted by atomic mass is 16.3. The van der Waals surface area contributed by atoms with Gasteiger partial charge in [-0.15, -0.1) is 0 Å². The van der Waals surface area contributed by atoms with Gasteiger partial charge in [0.2, 0.25) is 11.8 Å². The van der Waals surface area contributed by atoms with Gasteiger partial charge in [-0.2, -0.15) is 0 Å². The smallest absolute Gasteiger partial charge is 0.220 e. The van der Waals surface area contributed by atoms with Crippen molar-refractivity contribution in [1.82, 2.24) is 10.6 Å². The molecule has 1 saturated carbocycles. The molecular weight excluding hydrogens is 244 g/mol. The standard InChI is InChI=1S/C14H26N2O3/c1-14(2,10-17)9-15-12(18)7-8-13(19)16-11-5-3-4-6-11/h11,17H,3-10H2,1-2H3,(H,15,18)(H,16,19). The van der Waals surface area contributed by atoms with Crippen LogP contribution in [0.25, 0.3) is 0 Å². The lowest BCUT2D eigenvalue weighted by atomic mass is 9.95. The Hall–Kier alpha value is -1.10. The number of carbonyl (C=O) groups is 2. The molecule has 0 aromatic carbocycles. The molecule has 0 bridgehead atoms. The van der Waals surface area contributed by atoms with E-state index in [1.807, 2.05) is 13.8 Å². The average Bonchev–Trinajstić information content (AvgIpc) is 2.87. The summed E-state index contributed by atoms with van der Waals surface area (Å²) >= 11 is 0. The molecule has 3 N–H and O–H groups in total. The highest BCUT2D eigenvalue weighted by Crippen LogP contribution is 2.17. The third-order valence-electron chi connectivity index (χ3n) is 3.49. The van der Waals surface area contributed by atoms with Crippen molar-refractivity contribution in [3.63, 3.8) is 0 Å². The van der Waals surface area contributed by atoms with Gasteiger partial charge in [-0.05, 0) is 12.8 Å². The number of aliphatic hydroxyl groups is 1. The van der Waals surface area contributed by atoms with Crippen molar-refractivity contribution >= 4 is 11.8 Å². The van der Waals surface area contributed by atoms with Crippen molar-refractivity contribution in [1.29, 1.82) is 0 Å². The largest absolute Gasteiger partial charge is 0.396 e. The molecule has 0 unspecified atom stereocenters. The van der Waals surface area contributed by atoms with Crippen LogP contribution in [0, 0.1) is 5.41 Å². The number of nitrogens with one attached hydrogen (secondary N) is 2. The van der Waals surface area contributed by atoms with Gasteiger partial charge in [0.25, 0.3) is 0 Å². The maximum absolute atomic E-state index is 11.6. The number of hydrogen-bond acceptors (Lipinski definition) is 3. The third kappa shape index (κ3) is 6.57. The van der Waals surface area contributed by atoms with E-state index < -0.39 is 0 Å². The molecule has 19 heavy (non-hydrogen) atoms. The second-order valence-electron chi connectivity index (χ2n) is 6.15. The zero-order valence-corrected chi connectivity index (χ0v) is 12.0. The molecule has 1 fully saturated rings. The topological polar surface area (TPSA) is 78.4 Å². The summed E-state index contributed by atoms with van der Waals surface area (Å²) < 4.78 is 0. The minimum Gasteiger partial charge on any atom is -0.396 e. The van der Waals surface area contributed by atoms with Crippen LogP contribution in [0.4, 0.5) is 0 Å². The van der Waals surface area contributed by atoms with E-state index >= 15 is 0 Å². The van der Waals surface area contributed by atoms with Crippen LogP contribution in [-0.4, -0.2) is 36.1 Å². The van der Waals surface area contributed by atoms with Crippen molar-refractivity contribution in [2.24, 2.45) is 5.41 Å². The van der Waals surface area contributed by atoms with Crippen molar-refractivity contribution < 1.29 is 14.7 Å². The lowest BCUT2D eigenvalue weighted by Gasteiger charge is -2.21. The van der Waals surface area contributed by atoms with Gasteiger partial charge in [-0.25, -0.2) is 0 Å². The predicted molar refractivity (Wildman–Crippen MR) is 73.5 cm³/mol. The van der Waals surface area contributed by atoms with Gasteiger partial charge in [0, 0.05) is 37.5 Å². The lowest BCUT2D eigenvalue weighted by molar-refractivity contribution is -0.127. The Kier molecular flexibility index (Phi) is 6.28. The summed E-state index contributed by atoms with van der Waals surface area (Å²) in [5.74, 6) is -0.174. The van der Waals surface area contributed by atoms with Gasteiger partial charge in [-0.1, -0.05) is 26.7 Å². The molecule has 5 nitrogen and oxygen atoms in total. The highest BCUT2D eigenvalue weighted by molar-refractivity contribution is 5.83. The first kappa shape index (κ1) is 16.0. The fraction of sp³-hybridized carbons (Fsp3) is 0.857. The molecule has 0 aliphatic heterocycles. The molecule has 0 aromatic rings. The lowest BCUT2D eigenvalue weighted by Crippen LogP contribution is -2.37. The summed E-state index contributed by atoms with van der Waals surface area (Å²) in [6.45, 7) is 4.20. The van der Waals surface area contributed by atoms with Gasteiger partial charge in [0.05, 0.1) is 0 Å². The Balaban J connectivity index is 2.13. The Morgan fingerprint density at radius 2 is 1.74 bits per heavy atom. The van der Waals surface area contributed by atoms with E-state index in [4.69, 9.17) is 5.11 Å². The van der Waals surface area contributed by atoms with Crippen molar-refractivity contribution in [3.05, 3.63) is 0 Å². The summed E-state index contributed by atoms with van der Waals surface area (Å²) in [5.41, 5.74) is -0.318. The number of amides is 2. The van der Waals surface area contributed by atoms with E-state index in [1.165, 1.54) is 12.8 Å². The van der Waals surface area contributed by atoms with Gasteiger partial charge >= 0.3 is 0 Å². The molecule has 0 radical (unpaired) electrons. The molecule has 1 aliphatic carbocycles. The fourth-order valence-corrected chi connectivity index (χ4v) is 2.08. The second-order valence-corrected chi connectivity index (χ2v) is 6.15. The molecule has 1 aliphatic rings. The van der Waals surface area contributed by atoms with Crippen LogP contribution < -0.4 is 10.6 Å². The van der Waals surface area contributed by atoms with Gasteiger partial charge < -0.3 is 15.7 Å². The van der Waals surface area contributed by atoms with Crippen LogP contribution >= 0.6 is 0 Å². The zero-order chi connectivity index (χ0) is 14.3. The third-order valence-corrected chi connectivity index (χ3v) is 3.49. The summed E-state index contributed by atoms with van der Waals surface area (Å²) in [6, 6.07) is 0.309. The Morgan fingerprint density at radius 1 is 1.16 bits per heavy atom. The Bertz CT molecular complexity index is 310. The Morgan fingerprint density at radius 3 is 2.32 bits per heavy atom. The molecule has 110 valence electrons. The van der Waals surface area contributed by atoms with E-state index in [0.29, 0.717) is 12.6 Å². The van der Waals surface area contributed by atoms with E-state index in [0.717, 1.165) is 12.8 Å². The first-order chi connectivity index (χ1) is 8.93. The molecule has 2 amide bonds. The van der Waals surface area contributed by atoms with Gasteiger partial charge in [0.1, 0.15) is 0 Å². The molecule has 1 rings (SSSR count). The van der Waals surface area contributed by atoms with Crippen LogP contribution in [0.15, 0.2) is 0 Å². The van der Waals surface area contributed by atoms with E-state index in [2.05, 4.69) is 10.6 Å².